The van der Waals surface area contributed by atoms with Gasteiger partial charge in [-0.25, -0.2) is 4.68 Å². The Bertz CT molecular complexity index is 722. The lowest BCUT2D eigenvalue weighted by Crippen LogP contribution is -2.51. The Kier molecular flexibility index (Phi) is 5.90. The number of nitrogens with one attached hydrogen (secondary N) is 1. The highest BCUT2D eigenvalue weighted by molar-refractivity contribution is 5.94. The van der Waals surface area contributed by atoms with Crippen LogP contribution in [0.25, 0.3) is 0 Å². The predicted octanol–water partition coefficient (Wildman–Crippen LogP) is -0.385. The van der Waals surface area contributed by atoms with E-state index in [0.717, 1.165) is 5.56 Å². The fraction of sp³-hybridized carbons (Fsp3) is 0.471. The van der Waals surface area contributed by atoms with E-state index in [-0.39, 0.29) is 11.8 Å². The van der Waals surface area contributed by atoms with Gasteiger partial charge in [-0.1, -0.05) is 12.1 Å². The number of hydrogen-bond donors (Lipinski definition) is 1. The summed E-state index contributed by atoms with van der Waals surface area (Å²) in [6.07, 6.45) is 1.55. The van der Waals surface area contributed by atoms with Crippen molar-refractivity contribution < 1.29 is 9.59 Å². The van der Waals surface area contributed by atoms with E-state index in [2.05, 4.69) is 25.7 Å². The molecule has 0 unspecified atom stereocenters. The average molecular weight is 357 g/mol. The third-order valence-electron chi connectivity index (χ3n) is 4.34. The zero-order chi connectivity index (χ0) is 18.4. The topological polar surface area (TPSA) is 96.2 Å². The number of nitrogens with zero attached hydrogens (tertiary/aromatic N) is 6. The van der Waals surface area contributed by atoms with Gasteiger partial charge in [0.2, 0.25) is 5.91 Å². The lowest BCUT2D eigenvalue weighted by molar-refractivity contribution is -0.122. The first-order valence-electron chi connectivity index (χ1n) is 8.73. The van der Waals surface area contributed by atoms with Crippen molar-refractivity contribution in [2.45, 2.75) is 13.5 Å². The second kappa shape index (κ2) is 8.52. The van der Waals surface area contributed by atoms with Crippen LogP contribution in [-0.2, 0) is 11.3 Å². The molecule has 0 bridgehead atoms. The molecule has 9 heteroatoms. The van der Waals surface area contributed by atoms with Crippen LogP contribution in [0.3, 0.4) is 0 Å². The van der Waals surface area contributed by atoms with Gasteiger partial charge in [-0.2, -0.15) is 0 Å². The highest BCUT2D eigenvalue weighted by Gasteiger charge is 2.23. The molecule has 1 fully saturated rings. The molecule has 1 saturated heterocycles. The maximum Gasteiger partial charge on any atom is 0.253 e. The molecule has 1 aliphatic heterocycles. The first-order chi connectivity index (χ1) is 12.7. The van der Waals surface area contributed by atoms with Gasteiger partial charge in [0.15, 0.2) is 0 Å². The van der Waals surface area contributed by atoms with E-state index in [9.17, 15) is 9.59 Å². The third-order valence-corrected chi connectivity index (χ3v) is 4.34. The molecule has 138 valence electrons. The first kappa shape index (κ1) is 18.0. The highest BCUT2D eigenvalue weighted by atomic mass is 16.2. The summed E-state index contributed by atoms with van der Waals surface area (Å²) in [6.45, 7) is 6.18. The summed E-state index contributed by atoms with van der Waals surface area (Å²) in [5.41, 5.74) is 1.70. The number of carbonyl (C=O) groups excluding carboxylic acids is 2. The van der Waals surface area contributed by atoms with Crippen LogP contribution in [0, 0.1) is 0 Å². The SMILES string of the molecule is CCNC(=O)CN1CCN(C(=O)c2ccc(Cn3cnnn3)cc2)CC1. The number of benzene rings is 1. The summed E-state index contributed by atoms with van der Waals surface area (Å²) >= 11 is 0. The van der Waals surface area contributed by atoms with Crippen molar-refractivity contribution in [2.75, 3.05) is 39.3 Å². The molecule has 2 heterocycles. The number of amides is 2. The maximum atomic E-state index is 12.6. The van der Waals surface area contributed by atoms with Crippen molar-refractivity contribution in [1.82, 2.24) is 35.3 Å². The van der Waals surface area contributed by atoms with Gasteiger partial charge in [-0.15, -0.1) is 5.10 Å². The summed E-state index contributed by atoms with van der Waals surface area (Å²) in [7, 11) is 0. The second-order valence-corrected chi connectivity index (χ2v) is 6.23. The van der Waals surface area contributed by atoms with Crippen molar-refractivity contribution in [1.29, 1.82) is 0 Å². The average Bonchev–Trinajstić information content (AvgIpc) is 3.16. The Labute approximate surface area is 152 Å². The molecule has 0 aliphatic carbocycles. The van der Waals surface area contributed by atoms with Crippen LogP contribution in [0.4, 0.5) is 0 Å². The Morgan fingerprint density at radius 2 is 1.85 bits per heavy atom. The number of rotatable bonds is 6. The molecule has 26 heavy (non-hydrogen) atoms. The van der Waals surface area contributed by atoms with E-state index in [4.69, 9.17) is 0 Å². The van der Waals surface area contributed by atoms with Crippen LogP contribution in [0.5, 0.6) is 0 Å². The van der Waals surface area contributed by atoms with Gasteiger partial charge in [-0.3, -0.25) is 14.5 Å². The van der Waals surface area contributed by atoms with Gasteiger partial charge in [0, 0.05) is 38.3 Å². The Morgan fingerprint density at radius 1 is 1.12 bits per heavy atom. The van der Waals surface area contributed by atoms with Crippen molar-refractivity contribution in [2.24, 2.45) is 0 Å². The first-order valence-corrected chi connectivity index (χ1v) is 8.73. The monoisotopic (exact) mass is 357 g/mol. The minimum absolute atomic E-state index is 0.0247. The van der Waals surface area contributed by atoms with Crippen molar-refractivity contribution in [3.8, 4) is 0 Å². The zero-order valence-electron chi connectivity index (χ0n) is 14.8. The molecule has 0 spiro atoms. The molecule has 0 atom stereocenters. The molecule has 9 nitrogen and oxygen atoms in total. The zero-order valence-corrected chi connectivity index (χ0v) is 14.8. The van der Waals surface area contributed by atoms with Crippen LogP contribution in [0.1, 0.15) is 22.8 Å². The molecule has 1 aromatic carbocycles. The Morgan fingerprint density at radius 3 is 2.46 bits per heavy atom. The van der Waals surface area contributed by atoms with Crippen LogP contribution in [0.15, 0.2) is 30.6 Å². The van der Waals surface area contributed by atoms with E-state index < -0.39 is 0 Å². The van der Waals surface area contributed by atoms with Gasteiger partial charge in [0.25, 0.3) is 5.91 Å². The molecular weight excluding hydrogens is 334 g/mol. The van der Waals surface area contributed by atoms with Gasteiger partial charge in [0.1, 0.15) is 6.33 Å². The number of likely N-dealkylation sites (N-methyl/N-ethyl adjacent to an activating group) is 1. The maximum absolute atomic E-state index is 12.6. The van der Waals surface area contributed by atoms with Gasteiger partial charge >= 0.3 is 0 Å². The fourth-order valence-electron chi connectivity index (χ4n) is 2.94. The summed E-state index contributed by atoms with van der Waals surface area (Å²) in [5, 5.41) is 13.8. The number of piperazine rings is 1. The second-order valence-electron chi connectivity index (χ2n) is 6.23. The Hall–Kier alpha value is -2.81. The van der Waals surface area contributed by atoms with Crippen LogP contribution in [-0.4, -0.2) is 81.1 Å². The van der Waals surface area contributed by atoms with Gasteiger partial charge in [-0.05, 0) is 35.0 Å². The molecule has 2 amide bonds. The van der Waals surface area contributed by atoms with Crippen molar-refractivity contribution in [3.63, 3.8) is 0 Å². The minimum atomic E-state index is 0.0247. The van der Waals surface area contributed by atoms with E-state index in [1.165, 1.54) is 0 Å². The summed E-state index contributed by atoms with van der Waals surface area (Å²) < 4.78 is 1.63. The molecule has 1 aromatic heterocycles. The quantitative estimate of drug-likeness (QED) is 0.757. The predicted molar refractivity (Wildman–Crippen MR) is 94.4 cm³/mol. The van der Waals surface area contributed by atoms with E-state index in [1.54, 1.807) is 11.0 Å². The van der Waals surface area contributed by atoms with Gasteiger partial charge < -0.3 is 10.2 Å². The Balaban J connectivity index is 1.51. The molecule has 0 saturated carbocycles. The molecule has 2 aromatic rings. The van der Waals surface area contributed by atoms with E-state index in [1.807, 2.05) is 36.1 Å². The van der Waals surface area contributed by atoms with Crippen molar-refractivity contribution in [3.05, 3.63) is 41.7 Å². The lowest BCUT2D eigenvalue weighted by atomic mass is 10.1. The fourth-order valence-corrected chi connectivity index (χ4v) is 2.94. The van der Waals surface area contributed by atoms with Crippen molar-refractivity contribution >= 4 is 11.8 Å². The lowest BCUT2D eigenvalue weighted by Gasteiger charge is -2.34. The molecule has 1 aliphatic rings. The number of hydrogen-bond acceptors (Lipinski definition) is 6. The van der Waals surface area contributed by atoms with E-state index in [0.29, 0.717) is 51.4 Å². The summed E-state index contributed by atoms with van der Waals surface area (Å²) in [6, 6.07) is 7.51. The normalized spacial score (nSPS) is 15.0. The van der Waals surface area contributed by atoms with Crippen LogP contribution in [0.2, 0.25) is 0 Å². The minimum Gasteiger partial charge on any atom is -0.355 e. The summed E-state index contributed by atoms with van der Waals surface area (Å²) in [4.78, 5) is 28.2. The molecule has 0 radical (unpaired) electrons. The number of aromatic nitrogens is 4. The number of tetrazole rings is 1. The van der Waals surface area contributed by atoms with Gasteiger partial charge in [0.05, 0.1) is 13.1 Å². The highest BCUT2D eigenvalue weighted by Crippen LogP contribution is 2.11. The van der Waals surface area contributed by atoms with Crippen LogP contribution < -0.4 is 5.32 Å². The summed E-state index contributed by atoms with van der Waals surface area (Å²) in [5.74, 6) is 0.0575. The molecule has 3 rings (SSSR count). The van der Waals surface area contributed by atoms with Crippen LogP contribution >= 0.6 is 0 Å². The van der Waals surface area contributed by atoms with E-state index >= 15 is 0 Å². The smallest absolute Gasteiger partial charge is 0.253 e. The third kappa shape index (κ3) is 4.63. The largest absolute Gasteiger partial charge is 0.355 e. The standard InChI is InChI=1S/C17H23N7O2/c1-2-18-16(25)12-22-7-9-23(10-8-22)17(26)15-5-3-14(4-6-15)11-24-13-19-20-21-24/h3-6,13H,2,7-12H2,1H3,(H,18,25). The number of carbonyl (C=O) groups is 2. The molecular formula is C17H23N7O2. The molecule has 1 N–H and O–H groups in total.